The quantitative estimate of drug-likeness (QED) is 0.157. The number of alkyl carbamates (subject to hydrolysis) is 1. The first-order chi connectivity index (χ1) is 22.8. The highest BCUT2D eigenvalue weighted by Gasteiger charge is 2.08. The summed E-state index contributed by atoms with van der Waals surface area (Å²) in [6, 6.07) is 9.51. The zero-order valence-electron chi connectivity index (χ0n) is 28.6. The Labute approximate surface area is 281 Å². The minimum Gasteiger partial charge on any atom is -0.463 e. The Hall–Kier alpha value is -5.34. The lowest BCUT2D eigenvalue weighted by Gasteiger charge is -2.10. The van der Waals surface area contributed by atoms with Crippen LogP contribution in [-0.4, -0.2) is 88.7 Å². The lowest BCUT2D eigenvalue weighted by Crippen LogP contribution is -2.26. The molecule has 15 nitrogen and oxygen atoms in total. The van der Waals surface area contributed by atoms with Crippen LogP contribution in [0.5, 0.6) is 0 Å². The minimum absolute atomic E-state index is 0.315. The van der Waals surface area contributed by atoms with Gasteiger partial charge in [-0.05, 0) is 65.3 Å². The summed E-state index contributed by atoms with van der Waals surface area (Å²) < 4.78 is 36.9. The number of hydrogen-bond donors (Lipinski definition) is 1. The normalized spacial score (nSPS) is 12.1. The third-order valence-corrected chi connectivity index (χ3v) is 4.84. The van der Waals surface area contributed by atoms with Gasteiger partial charge in [-0.1, -0.05) is 30.3 Å². The fourth-order valence-corrected chi connectivity index (χ4v) is 2.71. The molecule has 268 valence electrons. The first-order valence-corrected chi connectivity index (χ1v) is 14.8. The standard InChI is InChI=1S/C15H19NO4.2C9H14O5/c1-3-19-14(17)10-9-12(2)20-15(18)16-11-13-7-5-4-6-8-13;2*1-4-13-8(10)6-5-7(2)14-9(11)12-3/h4-10,12H,3,11H2,1-2H3,(H,16,18);2*5-7H,4H2,1-3H3/b10-9+;2*6-5+/t12-;7-;/m10./s1. The summed E-state index contributed by atoms with van der Waals surface area (Å²) in [5.41, 5.74) is 0.985. The largest absolute Gasteiger partial charge is 0.508 e. The van der Waals surface area contributed by atoms with E-state index in [-0.39, 0.29) is 0 Å². The van der Waals surface area contributed by atoms with Crippen LogP contribution in [0.2, 0.25) is 0 Å². The first-order valence-electron chi connectivity index (χ1n) is 14.8. The van der Waals surface area contributed by atoms with Crippen molar-refractivity contribution in [2.75, 3.05) is 34.0 Å². The molecule has 1 rings (SSSR count). The van der Waals surface area contributed by atoms with E-state index in [9.17, 15) is 28.8 Å². The van der Waals surface area contributed by atoms with Crippen molar-refractivity contribution in [3.63, 3.8) is 0 Å². The van der Waals surface area contributed by atoms with Gasteiger partial charge in [0.15, 0.2) is 0 Å². The van der Waals surface area contributed by atoms with E-state index >= 15 is 0 Å². The lowest BCUT2D eigenvalue weighted by atomic mass is 10.2. The number of nitrogens with one attached hydrogen (secondary N) is 1. The molecule has 0 aliphatic heterocycles. The summed E-state index contributed by atoms with van der Waals surface area (Å²) >= 11 is 0. The second-order valence-corrected chi connectivity index (χ2v) is 8.84. The number of benzene rings is 1. The van der Waals surface area contributed by atoms with Gasteiger partial charge < -0.3 is 43.2 Å². The molecule has 1 amide bonds. The Morgan fingerprint density at radius 1 is 0.604 bits per heavy atom. The van der Waals surface area contributed by atoms with Gasteiger partial charge in [-0.3, -0.25) is 0 Å². The van der Waals surface area contributed by atoms with Gasteiger partial charge in [-0.2, -0.15) is 0 Å². The van der Waals surface area contributed by atoms with Crippen molar-refractivity contribution < 1.29 is 66.7 Å². The monoisotopic (exact) mass is 681 g/mol. The molecule has 0 aliphatic rings. The van der Waals surface area contributed by atoms with Crippen molar-refractivity contribution in [1.82, 2.24) is 5.32 Å². The number of methoxy groups -OCH3 is 2. The molecule has 0 saturated heterocycles. The van der Waals surface area contributed by atoms with E-state index in [1.54, 1.807) is 41.5 Å². The van der Waals surface area contributed by atoms with E-state index < -0.39 is 54.6 Å². The molecule has 15 heteroatoms. The van der Waals surface area contributed by atoms with Gasteiger partial charge in [0.25, 0.3) is 0 Å². The summed E-state index contributed by atoms with van der Waals surface area (Å²) in [4.78, 5) is 65.4. The van der Waals surface area contributed by atoms with Crippen molar-refractivity contribution in [3.05, 3.63) is 72.4 Å². The number of hydrogen-bond acceptors (Lipinski definition) is 14. The Bertz CT molecular complexity index is 1130. The Balaban J connectivity index is 0. The van der Waals surface area contributed by atoms with Crippen LogP contribution in [0, 0.1) is 0 Å². The Morgan fingerprint density at radius 2 is 0.958 bits per heavy atom. The third-order valence-electron chi connectivity index (χ3n) is 4.84. The van der Waals surface area contributed by atoms with Crippen LogP contribution in [-0.2, 0) is 58.8 Å². The molecule has 0 radical (unpaired) electrons. The molecular formula is C33H47NO14. The van der Waals surface area contributed by atoms with Crippen LogP contribution >= 0.6 is 0 Å². The summed E-state index contributed by atoms with van der Waals surface area (Å²) in [7, 11) is 2.42. The van der Waals surface area contributed by atoms with E-state index in [4.69, 9.17) is 9.47 Å². The second-order valence-electron chi connectivity index (χ2n) is 8.84. The molecule has 1 aromatic carbocycles. The highest BCUT2D eigenvalue weighted by Crippen LogP contribution is 2.00. The highest BCUT2D eigenvalue weighted by atomic mass is 16.7. The topological polar surface area (TPSA) is 188 Å². The van der Waals surface area contributed by atoms with Crippen molar-refractivity contribution in [2.24, 2.45) is 0 Å². The van der Waals surface area contributed by atoms with E-state index in [1.165, 1.54) is 50.7 Å². The van der Waals surface area contributed by atoms with Crippen LogP contribution in [0.25, 0.3) is 0 Å². The third kappa shape index (κ3) is 28.2. The van der Waals surface area contributed by atoms with Gasteiger partial charge in [0.2, 0.25) is 0 Å². The highest BCUT2D eigenvalue weighted by molar-refractivity contribution is 5.82. The number of carbonyl (C=O) groups excluding carboxylic acids is 6. The smallest absolute Gasteiger partial charge is 0.463 e. The molecule has 0 fully saturated rings. The minimum atomic E-state index is -0.786. The predicted molar refractivity (Wildman–Crippen MR) is 172 cm³/mol. The number of ether oxygens (including phenoxy) is 8. The Morgan fingerprint density at radius 3 is 1.29 bits per heavy atom. The molecule has 3 atom stereocenters. The number of amides is 1. The second kappa shape index (κ2) is 29.1. The number of esters is 3. The molecule has 1 aromatic rings. The molecule has 0 bridgehead atoms. The average Bonchev–Trinajstić information content (AvgIpc) is 3.06. The predicted octanol–water partition coefficient (Wildman–Crippen LogP) is 4.98. The zero-order valence-corrected chi connectivity index (χ0v) is 28.6. The van der Waals surface area contributed by atoms with Gasteiger partial charge >= 0.3 is 36.3 Å². The number of carbonyl (C=O) groups is 6. The van der Waals surface area contributed by atoms with Gasteiger partial charge in [0.05, 0.1) is 34.0 Å². The summed E-state index contributed by atoms with van der Waals surface area (Å²) in [6.07, 6.45) is 4.30. The maximum Gasteiger partial charge on any atom is 0.508 e. The average molecular weight is 682 g/mol. The zero-order chi connectivity index (χ0) is 36.7. The molecule has 0 heterocycles. The molecule has 1 unspecified atom stereocenters. The molecular weight excluding hydrogens is 634 g/mol. The molecule has 0 aromatic heterocycles. The fourth-order valence-electron chi connectivity index (χ4n) is 2.71. The van der Waals surface area contributed by atoms with E-state index in [2.05, 4.69) is 33.7 Å². The van der Waals surface area contributed by atoms with E-state index in [0.29, 0.717) is 26.4 Å². The van der Waals surface area contributed by atoms with Crippen LogP contribution in [0.1, 0.15) is 47.1 Å². The summed E-state index contributed by atoms with van der Waals surface area (Å²) in [5, 5.41) is 2.63. The molecule has 1 N–H and O–H groups in total. The van der Waals surface area contributed by atoms with E-state index in [0.717, 1.165) is 5.56 Å². The maximum atomic E-state index is 11.5. The van der Waals surface area contributed by atoms with Gasteiger partial charge in [-0.15, -0.1) is 0 Å². The first kappa shape index (κ1) is 44.8. The SMILES string of the molecule is CCOC(=O)/C=C/C(C)OC(=O)OC.CCOC(=O)/C=C/[C@@H](C)OC(=O)NCc1ccccc1.CCOC(=O)/C=C/[C@H](C)OC(=O)OC. The van der Waals surface area contributed by atoms with Gasteiger partial charge in [0, 0.05) is 24.8 Å². The molecule has 48 heavy (non-hydrogen) atoms. The van der Waals surface area contributed by atoms with Crippen molar-refractivity contribution >= 4 is 36.3 Å². The van der Waals surface area contributed by atoms with Gasteiger partial charge in [-0.25, -0.2) is 28.8 Å². The fraction of sp³-hybridized carbons (Fsp3) is 0.455. The molecule has 0 spiro atoms. The Kier molecular flexibility index (Phi) is 27.1. The van der Waals surface area contributed by atoms with Crippen LogP contribution in [0.4, 0.5) is 14.4 Å². The number of rotatable bonds is 14. The van der Waals surface area contributed by atoms with Crippen LogP contribution in [0.15, 0.2) is 66.8 Å². The van der Waals surface area contributed by atoms with E-state index in [1.807, 2.05) is 30.3 Å². The van der Waals surface area contributed by atoms with Crippen molar-refractivity contribution in [3.8, 4) is 0 Å². The van der Waals surface area contributed by atoms with Crippen LogP contribution < -0.4 is 5.32 Å². The van der Waals surface area contributed by atoms with Crippen molar-refractivity contribution in [2.45, 2.75) is 66.4 Å². The van der Waals surface area contributed by atoms with Crippen LogP contribution in [0.3, 0.4) is 0 Å². The van der Waals surface area contributed by atoms with Crippen molar-refractivity contribution in [1.29, 1.82) is 0 Å². The lowest BCUT2D eigenvalue weighted by molar-refractivity contribution is -0.138. The summed E-state index contributed by atoms with van der Waals surface area (Å²) in [5.74, 6) is -1.38. The maximum absolute atomic E-state index is 11.5. The molecule has 0 aliphatic carbocycles. The summed E-state index contributed by atoms with van der Waals surface area (Å²) in [6.45, 7) is 11.4. The van der Waals surface area contributed by atoms with Gasteiger partial charge in [0.1, 0.15) is 18.3 Å². The molecule has 0 saturated carbocycles.